The Kier molecular flexibility index (Phi) is 3.67. The van der Waals surface area contributed by atoms with Gasteiger partial charge in [0.1, 0.15) is 5.75 Å². The van der Waals surface area contributed by atoms with Crippen molar-refractivity contribution in [2.75, 3.05) is 13.7 Å². The first kappa shape index (κ1) is 13.4. The quantitative estimate of drug-likeness (QED) is 0.860. The lowest BCUT2D eigenvalue weighted by atomic mass is 9.83. The summed E-state index contributed by atoms with van der Waals surface area (Å²) in [5.74, 6) is 1.02. The zero-order chi connectivity index (χ0) is 13.3. The molecule has 2 heteroatoms. The van der Waals surface area contributed by atoms with E-state index >= 15 is 0 Å². The smallest absolute Gasteiger partial charge is 0.122 e. The Morgan fingerprint density at radius 1 is 1.28 bits per heavy atom. The van der Waals surface area contributed by atoms with Gasteiger partial charge < -0.3 is 10.1 Å². The summed E-state index contributed by atoms with van der Waals surface area (Å²) in [6.45, 7) is 10.1. The summed E-state index contributed by atoms with van der Waals surface area (Å²) in [5, 5.41) is 3.59. The predicted octanol–water partition coefficient (Wildman–Crippen LogP) is 3.73. The van der Waals surface area contributed by atoms with E-state index in [4.69, 9.17) is 4.74 Å². The molecule has 2 nitrogen and oxygen atoms in total. The molecule has 0 saturated carbocycles. The summed E-state index contributed by atoms with van der Waals surface area (Å²) in [7, 11) is 1.76. The average Bonchev–Trinajstić information content (AvgIpc) is 2.80. The van der Waals surface area contributed by atoms with Gasteiger partial charge in [-0.05, 0) is 60.5 Å². The Labute approximate surface area is 111 Å². The number of nitrogens with one attached hydrogen (secondary N) is 1. The molecule has 1 aliphatic rings. The summed E-state index contributed by atoms with van der Waals surface area (Å²) in [5.41, 5.74) is 4.20. The minimum atomic E-state index is 0.117. The third kappa shape index (κ3) is 2.54. The second-order valence-electron chi connectivity index (χ2n) is 6.31. The van der Waals surface area contributed by atoms with Crippen LogP contribution in [0.5, 0.6) is 5.75 Å². The van der Waals surface area contributed by atoms with Gasteiger partial charge in [-0.1, -0.05) is 20.8 Å². The molecule has 1 fully saturated rings. The highest BCUT2D eigenvalue weighted by Gasteiger charge is 2.24. The van der Waals surface area contributed by atoms with E-state index in [1.165, 1.54) is 29.5 Å². The Hall–Kier alpha value is -1.02. The molecule has 1 saturated heterocycles. The number of methoxy groups -OCH3 is 1. The minimum absolute atomic E-state index is 0.117. The Bertz CT molecular complexity index is 425. The van der Waals surface area contributed by atoms with Gasteiger partial charge in [-0.3, -0.25) is 0 Å². The van der Waals surface area contributed by atoms with Gasteiger partial charge in [0, 0.05) is 6.04 Å². The van der Waals surface area contributed by atoms with Crippen LogP contribution in [0.25, 0.3) is 0 Å². The number of hydrogen-bond donors (Lipinski definition) is 1. The fourth-order valence-electron chi connectivity index (χ4n) is 2.78. The Morgan fingerprint density at radius 2 is 2.00 bits per heavy atom. The molecule has 1 aliphatic heterocycles. The second kappa shape index (κ2) is 4.93. The number of benzene rings is 1. The molecule has 1 heterocycles. The van der Waals surface area contributed by atoms with Gasteiger partial charge in [0.2, 0.25) is 0 Å². The lowest BCUT2D eigenvalue weighted by Gasteiger charge is -2.25. The van der Waals surface area contributed by atoms with E-state index in [1.54, 1.807) is 7.11 Å². The molecular weight excluding hydrogens is 222 g/mol. The normalized spacial score (nSPS) is 20.2. The summed E-state index contributed by atoms with van der Waals surface area (Å²) in [6, 6.07) is 5.06. The molecule has 18 heavy (non-hydrogen) atoms. The van der Waals surface area contributed by atoms with Gasteiger partial charge in [0.15, 0.2) is 0 Å². The number of rotatable bonds is 2. The molecule has 0 spiro atoms. The van der Waals surface area contributed by atoms with E-state index in [0.717, 1.165) is 12.3 Å². The maximum atomic E-state index is 5.55. The molecule has 0 aromatic heterocycles. The molecular formula is C16H25NO. The van der Waals surface area contributed by atoms with Crippen LogP contribution in [0.15, 0.2) is 12.1 Å². The zero-order valence-corrected chi connectivity index (χ0v) is 12.3. The van der Waals surface area contributed by atoms with E-state index in [9.17, 15) is 0 Å². The second-order valence-corrected chi connectivity index (χ2v) is 6.31. The van der Waals surface area contributed by atoms with E-state index in [2.05, 4.69) is 45.1 Å². The maximum absolute atomic E-state index is 5.55. The predicted molar refractivity (Wildman–Crippen MR) is 76.4 cm³/mol. The third-order valence-corrected chi connectivity index (χ3v) is 3.83. The molecule has 100 valence electrons. The molecule has 0 bridgehead atoms. The Balaban J connectivity index is 2.48. The van der Waals surface area contributed by atoms with Crippen molar-refractivity contribution in [2.24, 2.45) is 0 Å². The summed E-state index contributed by atoms with van der Waals surface area (Å²) >= 11 is 0. The van der Waals surface area contributed by atoms with Crippen molar-refractivity contribution in [3.8, 4) is 5.75 Å². The topological polar surface area (TPSA) is 21.3 Å². The van der Waals surface area contributed by atoms with Gasteiger partial charge >= 0.3 is 0 Å². The van der Waals surface area contributed by atoms with Crippen LogP contribution < -0.4 is 10.1 Å². The van der Waals surface area contributed by atoms with Crippen LogP contribution in [0, 0.1) is 6.92 Å². The van der Waals surface area contributed by atoms with Crippen molar-refractivity contribution in [3.05, 3.63) is 28.8 Å². The highest BCUT2D eigenvalue weighted by molar-refractivity contribution is 5.46. The van der Waals surface area contributed by atoms with Crippen molar-refractivity contribution in [1.82, 2.24) is 5.32 Å². The monoisotopic (exact) mass is 247 g/mol. The van der Waals surface area contributed by atoms with E-state index in [1.807, 2.05) is 0 Å². The van der Waals surface area contributed by atoms with Crippen LogP contribution in [0.4, 0.5) is 0 Å². The first-order valence-electron chi connectivity index (χ1n) is 6.86. The molecule has 1 atom stereocenters. The van der Waals surface area contributed by atoms with Crippen LogP contribution in [-0.4, -0.2) is 13.7 Å². The summed E-state index contributed by atoms with van der Waals surface area (Å²) < 4.78 is 5.55. The molecule has 0 aliphatic carbocycles. The van der Waals surface area contributed by atoms with Crippen molar-refractivity contribution in [2.45, 2.75) is 52.0 Å². The maximum Gasteiger partial charge on any atom is 0.122 e. The Morgan fingerprint density at radius 3 is 2.50 bits per heavy atom. The van der Waals surface area contributed by atoms with Gasteiger partial charge in [-0.25, -0.2) is 0 Å². The van der Waals surface area contributed by atoms with Crippen molar-refractivity contribution in [3.63, 3.8) is 0 Å². The zero-order valence-electron chi connectivity index (χ0n) is 12.3. The first-order chi connectivity index (χ1) is 8.43. The minimum Gasteiger partial charge on any atom is -0.496 e. The molecule has 2 rings (SSSR count). The third-order valence-electron chi connectivity index (χ3n) is 3.83. The molecule has 0 radical (unpaired) electrons. The highest BCUT2D eigenvalue weighted by Crippen LogP contribution is 2.37. The van der Waals surface area contributed by atoms with Gasteiger partial charge in [0.25, 0.3) is 0 Å². The van der Waals surface area contributed by atoms with Gasteiger partial charge in [-0.15, -0.1) is 0 Å². The van der Waals surface area contributed by atoms with Crippen LogP contribution in [0.1, 0.15) is 56.3 Å². The fraction of sp³-hybridized carbons (Fsp3) is 0.625. The van der Waals surface area contributed by atoms with Crippen LogP contribution in [0.2, 0.25) is 0 Å². The van der Waals surface area contributed by atoms with Gasteiger partial charge in [0.05, 0.1) is 7.11 Å². The number of hydrogen-bond acceptors (Lipinski definition) is 2. The van der Waals surface area contributed by atoms with Crippen LogP contribution in [-0.2, 0) is 5.41 Å². The molecule has 1 aromatic carbocycles. The van der Waals surface area contributed by atoms with Gasteiger partial charge in [-0.2, -0.15) is 0 Å². The largest absolute Gasteiger partial charge is 0.496 e. The van der Waals surface area contributed by atoms with Crippen molar-refractivity contribution in [1.29, 1.82) is 0 Å². The molecule has 1 N–H and O–H groups in total. The first-order valence-corrected chi connectivity index (χ1v) is 6.86. The van der Waals surface area contributed by atoms with E-state index < -0.39 is 0 Å². The van der Waals surface area contributed by atoms with Crippen molar-refractivity contribution >= 4 is 0 Å². The number of ether oxygens (including phenoxy) is 1. The molecule has 1 unspecified atom stereocenters. The fourth-order valence-corrected chi connectivity index (χ4v) is 2.78. The van der Waals surface area contributed by atoms with E-state index in [0.29, 0.717) is 6.04 Å². The summed E-state index contributed by atoms with van der Waals surface area (Å²) in [4.78, 5) is 0. The lowest BCUT2D eigenvalue weighted by molar-refractivity contribution is 0.396. The summed E-state index contributed by atoms with van der Waals surface area (Å²) in [6.07, 6.45) is 2.53. The molecule has 1 aromatic rings. The standard InChI is InChI=1S/C16H25NO/c1-11-9-15(18-5)13(16(2,3)4)10-12(11)14-7-6-8-17-14/h9-10,14,17H,6-8H2,1-5H3. The van der Waals surface area contributed by atoms with Crippen molar-refractivity contribution < 1.29 is 4.74 Å². The van der Waals surface area contributed by atoms with Crippen LogP contribution >= 0.6 is 0 Å². The lowest BCUT2D eigenvalue weighted by Crippen LogP contribution is -2.18. The molecule has 0 amide bonds. The average molecular weight is 247 g/mol. The number of aryl methyl sites for hydroxylation is 1. The highest BCUT2D eigenvalue weighted by atomic mass is 16.5. The SMILES string of the molecule is COc1cc(C)c(C2CCCN2)cc1C(C)(C)C. The van der Waals surface area contributed by atoms with Crippen LogP contribution in [0.3, 0.4) is 0 Å². The van der Waals surface area contributed by atoms with E-state index in [-0.39, 0.29) is 5.41 Å².